The summed E-state index contributed by atoms with van der Waals surface area (Å²) >= 11 is 0. The van der Waals surface area contributed by atoms with Crippen molar-refractivity contribution < 1.29 is 9.59 Å². The number of carbonyl (C=O) groups excluding carboxylic acids is 2. The van der Waals surface area contributed by atoms with Gasteiger partial charge >= 0.3 is 0 Å². The van der Waals surface area contributed by atoms with E-state index >= 15 is 0 Å². The molecule has 1 aromatic rings. The molecule has 0 heterocycles. The van der Waals surface area contributed by atoms with Gasteiger partial charge in [-0.3, -0.25) is 9.59 Å². The van der Waals surface area contributed by atoms with E-state index in [2.05, 4.69) is 5.32 Å². The fourth-order valence-electron chi connectivity index (χ4n) is 2.19. The van der Waals surface area contributed by atoms with Gasteiger partial charge in [-0.1, -0.05) is 37.3 Å². The summed E-state index contributed by atoms with van der Waals surface area (Å²) in [7, 11) is 5.62. The lowest BCUT2D eigenvalue weighted by molar-refractivity contribution is -0.138. The molecule has 1 atom stereocenters. The fraction of sp³-hybridized carbons (Fsp3) is 0.529. The van der Waals surface area contributed by atoms with Gasteiger partial charge in [-0.2, -0.15) is 0 Å². The Hall–Kier alpha value is -1.88. The summed E-state index contributed by atoms with van der Waals surface area (Å²) in [5.41, 5.74) is 1.05. The van der Waals surface area contributed by atoms with Crippen LogP contribution >= 0.6 is 0 Å². The van der Waals surface area contributed by atoms with Crippen LogP contribution in [0.2, 0.25) is 0 Å². The Balaban J connectivity index is 2.77. The van der Waals surface area contributed by atoms with Crippen molar-refractivity contribution in [2.75, 3.05) is 34.2 Å². The van der Waals surface area contributed by atoms with Crippen molar-refractivity contribution in [3.63, 3.8) is 0 Å². The van der Waals surface area contributed by atoms with Gasteiger partial charge in [-0.05, 0) is 19.7 Å². The maximum absolute atomic E-state index is 12.5. The fourth-order valence-corrected chi connectivity index (χ4v) is 2.19. The summed E-state index contributed by atoms with van der Waals surface area (Å²) in [6, 6.07) is 9.30. The molecule has 5 nitrogen and oxygen atoms in total. The van der Waals surface area contributed by atoms with Crippen LogP contribution in [-0.4, -0.2) is 61.9 Å². The first-order chi connectivity index (χ1) is 10.5. The Labute approximate surface area is 133 Å². The molecule has 2 amide bonds. The van der Waals surface area contributed by atoms with E-state index in [0.717, 1.165) is 12.1 Å². The number of hydrogen-bond acceptors (Lipinski definition) is 3. The lowest BCUT2D eigenvalue weighted by Crippen LogP contribution is -2.49. The Morgan fingerprint density at radius 2 is 1.77 bits per heavy atom. The van der Waals surface area contributed by atoms with Crippen molar-refractivity contribution in [1.82, 2.24) is 15.1 Å². The van der Waals surface area contributed by atoms with Crippen LogP contribution in [0, 0.1) is 0 Å². The van der Waals surface area contributed by atoms with Crippen molar-refractivity contribution in [1.29, 1.82) is 0 Å². The van der Waals surface area contributed by atoms with E-state index in [4.69, 9.17) is 0 Å². The molecule has 0 radical (unpaired) electrons. The zero-order valence-electron chi connectivity index (χ0n) is 14.0. The number of benzene rings is 1. The topological polar surface area (TPSA) is 52.7 Å². The van der Waals surface area contributed by atoms with Crippen molar-refractivity contribution in [2.45, 2.75) is 25.8 Å². The van der Waals surface area contributed by atoms with Gasteiger partial charge in [0.25, 0.3) is 0 Å². The lowest BCUT2D eigenvalue weighted by Gasteiger charge is -2.27. The van der Waals surface area contributed by atoms with Crippen LogP contribution in [-0.2, 0) is 16.0 Å². The molecule has 1 rings (SSSR count). The van der Waals surface area contributed by atoms with Crippen LogP contribution in [0.15, 0.2) is 30.3 Å². The minimum atomic E-state index is -0.475. The monoisotopic (exact) mass is 305 g/mol. The number of hydrogen-bond donors (Lipinski definition) is 1. The Kier molecular flexibility index (Phi) is 7.60. The standard InChI is InChI=1S/C17H27N3O2/c1-5-16(21)20(4)15(13-14-9-7-6-8-10-14)17(22)18-11-12-19(2)3/h6-10,15H,5,11-13H2,1-4H3,(H,18,22). The summed E-state index contributed by atoms with van der Waals surface area (Å²) in [6.07, 6.45) is 0.920. The molecule has 0 spiro atoms. The average molecular weight is 305 g/mol. The minimum absolute atomic E-state index is 0.0244. The molecular weight excluding hydrogens is 278 g/mol. The first kappa shape index (κ1) is 18.2. The highest BCUT2D eigenvalue weighted by Crippen LogP contribution is 2.09. The van der Waals surface area contributed by atoms with E-state index < -0.39 is 6.04 Å². The normalized spacial score (nSPS) is 12.0. The number of amides is 2. The number of nitrogens with one attached hydrogen (secondary N) is 1. The van der Waals surface area contributed by atoms with E-state index in [-0.39, 0.29) is 11.8 Å². The van der Waals surface area contributed by atoms with Gasteiger partial charge in [0.1, 0.15) is 6.04 Å². The van der Waals surface area contributed by atoms with Crippen LogP contribution in [0.5, 0.6) is 0 Å². The summed E-state index contributed by atoms with van der Waals surface area (Å²) in [5.74, 6) is -0.126. The van der Waals surface area contributed by atoms with Crippen molar-refractivity contribution >= 4 is 11.8 Å². The SMILES string of the molecule is CCC(=O)N(C)C(Cc1ccccc1)C(=O)NCCN(C)C. The van der Waals surface area contributed by atoms with Crippen LogP contribution in [0.25, 0.3) is 0 Å². The van der Waals surface area contributed by atoms with Gasteiger partial charge in [0.2, 0.25) is 11.8 Å². The highest BCUT2D eigenvalue weighted by Gasteiger charge is 2.26. The number of nitrogens with zero attached hydrogens (tertiary/aromatic N) is 2. The molecule has 0 aliphatic rings. The average Bonchev–Trinajstić information content (AvgIpc) is 2.51. The molecule has 5 heteroatoms. The molecule has 0 bridgehead atoms. The van der Waals surface area contributed by atoms with Crippen LogP contribution in [0.1, 0.15) is 18.9 Å². The molecule has 0 saturated carbocycles. The molecule has 0 fully saturated rings. The summed E-state index contributed by atoms with van der Waals surface area (Å²) < 4.78 is 0. The van der Waals surface area contributed by atoms with Gasteiger partial charge < -0.3 is 15.1 Å². The second kappa shape index (κ2) is 9.20. The van der Waals surface area contributed by atoms with E-state index in [1.807, 2.05) is 56.3 Å². The van der Waals surface area contributed by atoms with Crippen molar-refractivity contribution in [2.24, 2.45) is 0 Å². The zero-order valence-corrected chi connectivity index (χ0v) is 14.0. The second-order valence-electron chi connectivity index (χ2n) is 5.66. The van der Waals surface area contributed by atoms with E-state index in [1.165, 1.54) is 0 Å². The smallest absolute Gasteiger partial charge is 0.243 e. The third-order valence-electron chi connectivity index (χ3n) is 3.60. The zero-order chi connectivity index (χ0) is 16.5. The Morgan fingerprint density at radius 3 is 2.32 bits per heavy atom. The molecule has 0 aliphatic carbocycles. The van der Waals surface area contributed by atoms with Gasteiger partial charge in [-0.25, -0.2) is 0 Å². The number of rotatable bonds is 8. The molecule has 22 heavy (non-hydrogen) atoms. The molecule has 1 N–H and O–H groups in total. The lowest BCUT2D eigenvalue weighted by atomic mass is 10.0. The second-order valence-corrected chi connectivity index (χ2v) is 5.66. The van der Waals surface area contributed by atoms with Crippen LogP contribution in [0.4, 0.5) is 0 Å². The predicted octanol–water partition coefficient (Wildman–Crippen LogP) is 1.14. The first-order valence-corrected chi connectivity index (χ1v) is 7.67. The number of carbonyl (C=O) groups is 2. The Morgan fingerprint density at radius 1 is 1.14 bits per heavy atom. The molecule has 122 valence electrons. The highest BCUT2D eigenvalue weighted by atomic mass is 16.2. The molecular formula is C17H27N3O2. The van der Waals surface area contributed by atoms with E-state index in [9.17, 15) is 9.59 Å². The van der Waals surface area contributed by atoms with Gasteiger partial charge in [0, 0.05) is 33.0 Å². The quantitative estimate of drug-likeness (QED) is 0.784. The van der Waals surface area contributed by atoms with E-state index in [0.29, 0.717) is 19.4 Å². The third kappa shape index (κ3) is 5.85. The number of likely N-dealkylation sites (N-methyl/N-ethyl adjacent to an activating group) is 2. The Bertz CT molecular complexity index is 474. The van der Waals surface area contributed by atoms with Crippen molar-refractivity contribution in [3.8, 4) is 0 Å². The van der Waals surface area contributed by atoms with Gasteiger partial charge in [0.15, 0.2) is 0 Å². The maximum Gasteiger partial charge on any atom is 0.243 e. The van der Waals surface area contributed by atoms with Crippen molar-refractivity contribution in [3.05, 3.63) is 35.9 Å². The summed E-state index contributed by atoms with van der Waals surface area (Å²) in [4.78, 5) is 28.0. The third-order valence-corrected chi connectivity index (χ3v) is 3.60. The molecule has 1 unspecified atom stereocenters. The predicted molar refractivity (Wildman–Crippen MR) is 88.6 cm³/mol. The van der Waals surface area contributed by atoms with Crippen LogP contribution < -0.4 is 5.32 Å². The molecule has 0 aliphatic heterocycles. The van der Waals surface area contributed by atoms with Gasteiger partial charge in [0.05, 0.1) is 0 Å². The molecule has 1 aromatic carbocycles. The minimum Gasteiger partial charge on any atom is -0.353 e. The summed E-state index contributed by atoms with van der Waals surface area (Å²) in [5, 5.41) is 2.92. The van der Waals surface area contributed by atoms with E-state index in [1.54, 1.807) is 11.9 Å². The first-order valence-electron chi connectivity index (χ1n) is 7.67. The van der Waals surface area contributed by atoms with Gasteiger partial charge in [-0.15, -0.1) is 0 Å². The largest absolute Gasteiger partial charge is 0.353 e. The summed E-state index contributed by atoms with van der Waals surface area (Å²) in [6.45, 7) is 3.16. The molecule has 0 saturated heterocycles. The maximum atomic E-state index is 12.5. The highest BCUT2D eigenvalue weighted by molar-refractivity contribution is 5.87. The molecule has 0 aromatic heterocycles. The van der Waals surface area contributed by atoms with Crippen LogP contribution in [0.3, 0.4) is 0 Å².